The van der Waals surface area contributed by atoms with Crippen LogP contribution in [0.4, 0.5) is 4.39 Å². The van der Waals surface area contributed by atoms with E-state index in [4.69, 9.17) is 0 Å². The molecule has 0 saturated heterocycles. The largest absolute Gasteiger partial charge is 0.378 e. The van der Waals surface area contributed by atoms with Gasteiger partial charge in [0.15, 0.2) is 0 Å². The standard InChI is InChI=1S/C11H9FOS/c12-10-4-2-1-3-9(10)8-5-6-14-11(13)7-8/h1-7,11,13H. The lowest BCUT2D eigenvalue weighted by molar-refractivity contribution is 0.311. The summed E-state index contributed by atoms with van der Waals surface area (Å²) in [7, 11) is 0. The molecule has 1 aromatic carbocycles. The average Bonchev–Trinajstić information content (AvgIpc) is 2.18. The molecule has 0 fully saturated rings. The Bertz CT molecular complexity index is 398. The molecule has 1 nitrogen and oxygen atoms in total. The Balaban J connectivity index is 2.40. The molecule has 3 heteroatoms. The molecule has 0 saturated carbocycles. The molecule has 0 radical (unpaired) electrons. The van der Waals surface area contributed by atoms with Crippen molar-refractivity contribution < 1.29 is 9.50 Å². The minimum Gasteiger partial charge on any atom is -0.378 e. The molecule has 1 aromatic rings. The van der Waals surface area contributed by atoms with Crippen LogP contribution in [0.2, 0.25) is 0 Å². The second kappa shape index (κ2) is 3.98. The lowest BCUT2D eigenvalue weighted by Gasteiger charge is -2.11. The van der Waals surface area contributed by atoms with Gasteiger partial charge in [0.05, 0.1) is 0 Å². The van der Waals surface area contributed by atoms with Gasteiger partial charge < -0.3 is 5.11 Å². The quantitative estimate of drug-likeness (QED) is 0.765. The van der Waals surface area contributed by atoms with Gasteiger partial charge in [-0.25, -0.2) is 4.39 Å². The first-order valence-electron chi connectivity index (χ1n) is 4.24. The van der Waals surface area contributed by atoms with Gasteiger partial charge in [-0.3, -0.25) is 0 Å². The predicted octanol–water partition coefficient (Wildman–Crippen LogP) is 2.79. The van der Waals surface area contributed by atoms with E-state index in [1.165, 1.54) is 17.8 Å². The van der Waals surface area contributed by atoms with Crippen molar-refractivity contribution in [2.75, 3.05) is 0 Å². The van der Waals surface area contributed by atoms with Crippen molar-refractivity contribution in [1.82, 2.24) is 0 Å². The molecular weight excluding hydrogens is 199 g/mol. The summed E-state index contributed by atoms with van der Waals surface area (Å²) in [6.45, 7) is 0. The monoisotopic (exact) mass is 208 g/mol. The lowest BCUT2D eigenvalue weighted by atomic mass is 10.1. The molecule has 2 rings (SSSR count). The normalized spacial score (nSPS) is 20.7. The average molecular weight is 208 g/mol. The molecule has 1 aliphatic heterocycles. The molecule has 0 spiro atoms. The molecule has 0 bridgehead atoms. The molecule has 0 amide bonds. The molecule has 0 aliphatic carbocycles. The van der Waals surface area contributed by atoms with Crippen molar-refractivity contribution in [3.05, 3.63) is 53.2 Å². The van der Waals surface area contributed by atoms with Crippen molar-refractivity contribution in [2.45, 2.75) is 5.44 Å². The Morgan fingerprint density at radius 3 is 2.79 bits per heavy atom. The van der Waals surface area contributed by atoms with Crippen LogP contribution in [0.25, 0.3) is 5.57 Å². The SMILES string of the molecule is OC1C=C(c2ccccc2F)C=CS1. The number of thioether (sulfide) groups is 1. The van der Waals surface area contributed by atoms with E-state index in [1.54, 1.807) is 35.8 Å². The summed E-state index contributed by atoms with van der Waals surface area (Å²) in [5.41, 5.74) is 0.687. The van der Waals surface area contributed by atoms with Gasteiger partial charge in [-0.2, -0.15) is 0 Å². The number of benzene rings is 1. The third kappa shape index (κ3) is 1.89. The fraction of sp³-hybridized carbons (Fsp3) is 0.0909. The van der Waals surface area contributed by atoms with E-state index in [2.05, 4.69) is 0 Å². The van der Waals surface area contributed by atoms with Crippen LogP contribution >= 0.6 is 11.8 Å². The molecule has 72 valence electrons. The maximum atomic E-state index is 13.3. The number of hydrogen-bond acceptors (Lipinski definition) is 2. The van der Waals surface area contributed by atoms with Gasteiger partial charge in [0.2, 0.25) is 0 Å². The molecule has 14 heavy (non-hydrogen) atoms. The molecule has 1 aliphatic rings. The van der Waals surface area contributed by atoms with Crippen LogP contribution in [0.5, 0.6) is 0 Å². The van der Waals surface area contributed by atoms with Crippen LogP contribution in [-0.4, -0.2) is 10.5 Å². The van der Waals surface area contributed by atoms with Gasteiger partial charge >= 0.3 is 0 Å². The summed E-state index contributed by atoms with van der Waals surface area (Å²) in [6.07, 6.45) is 3.44. The van der Waals surface area contributed by atoms with Crippen LogP contribution in [0.15, 0.2) is 41.8 Å². The van der Waals surface area contributed by atoms with Crippen LogP contribution in [0.3, 0.4) is 0 Å². The first-order chi connectivity index (χ1) is 6.77. The van der Waals surface area contributed by atoms with E-state index >= 15 is 0 Å². The van der Waals surface area contributed by atoms with Gasteiger partial charge in [-0.1, -0.05) is 30.0 Å². The lowest BCUT2D eigenvalue weighted by Crippen LogP contribution is -1.99. The Morgan fingerprint density at radius 1 is 1.29 bits per heavy atom. The molecular formula is C11H9FOS. The topological polar surface area (TPSA) is 20.2 Å². The van der Waals surface area contributed by atoms with E-state index in [0.717, 1.165) is 5.57 Å². The summed E-state index contributed by atoms with van der Waals surface area (Å²) < 4.78 is 13.3. The van der Waals surface area contributed by atoms with Crippen LogP contribution in [0.1, 0.15) is 5.56 Å². The highest BCUT2D eigenvalue weighted by Crippen LogP contribution is 2.27. The zero-order valence-electron chi connectivity index (χ0n) is 7.35. The number of aliphatic hydroxyl groups is 1. The Hall–Kier alpha value is -1.06. The maximum absolute atomic E-state index is 13.3. The van der Waals surface area contributed by atoms with Crippen molar-refractivity contribution in [1.29, 1.82) is 0 Å². The van der Waals surface area contributed by atoms with Crippen molar-refractivity contribution in [3.8, 4) is 0 Å². The van der Waals surface area contributed by atoms with E-state index in [9.17, 15) is 9.50 Å². The maximum Gasteiger partial charge on any atom is 0.131 e. The number of halogens is 1. The predicted molar refractivity (Wildman–Crippen MR) is 57.1 cm³/mol. The summed E-state index contributed by atoms with van der Waals surface area (Å²) in [5.74, 6) is -0.262. The zero-order valence-corrected chi connectivity index (χ0v) is 8.17. The third-order valence-electron chi connectivity index (χ3n) is 1.97. The van der Waals surface area contributed by atoms with Gasteiger partial charge in [0.1, 0.15) is 11.3 Å². The van der Waals surface area contributed by atoms with Gasteiger partial charge in [0, 0.05) is 5.56 Å². The summed E-state index contributed by atoms with van der Waals surface area (Å²) >= 11 is 1.30. The van der Waals surface area contributed by atoms with Gasteiger partial charge in [-0.05, 0) is 29.2 Å². The molecule has 1 heterocycles. The smallest absolute Gasteiger partial charge is 0.131 e. The number of aliphatic hydroxyl groups excluding tert-OH is 1. The summed E-state index contributed by atoms with van der Waals surface area (Å²) in [5, 5.41) is 11.1. The highest BCUT2D eigenvalue weighted by Gasteiger charge is 2.10. The molecule has 1 unspecified atom stereocenters. The van der Waals surface area contributed by atoms with E-state index in [-0.39, 0.29) is 5.82 Å². The molecule has 1 atom stereocenters. The minimum absolute atomic E-state index is 0.262. The number of hydrogen-bond donors (Lipinski definition) is 1. The van der Waals surface area contributed by atoms with Crippen molar-refractivity contribution in [3.63, 3.8) is 0 Å². The van der Waals surface area contributed by atoms with E-state index < -0.39 is 5.44 Å². The Kier molecular flexibility index (Phi) is 2.70. The van der Waals surface area contributed by atoms with Gasteiger partial charge in [-0.15, -0.1) is 0 Å². The number of rotatable bonds is 1. The highest BCUT2D eigenvalue weighted by atomic mass is 32.2. The molecule has 0 aromatic heterocycles. The number of allylic oxidation sites excluding steroid dienone is 2. The van der Waals surface area contributed by atoms with Crippen molar-refractivity contribution in [2.24, 2.45) is 0 Å². The summed E-state index contributed by atoms with van der Waals surface area (Å²) in [4.78, 5) is 0. The second-order valence-electron chi connectivity index (χ2n) is 2.93. The fourth-order valence-electron chi connectivity index (χ4n) is 1.32. The first-order valence-corrected chi connectivity index (χ1v) is 5.18. The van der Waals surface area contributed by atoms with Crippen LogP contribution < -0.4 is 0 Å². The fourth-order valence-corrected chi connectivity index (χ4v) is 1.93. The van der Waals surface area contributed by atoms with Gasteiger partial charge in [0.25, 0.3) is 0 Å². The minimum atomic E-state index is -0.574. The third-order valence-corrected chi connectivity index (χ3v) is 2.68. The van der Waals surface area contributed by atoms with Crippen molar-refractivity contribution >= 4 is 17.3 Å². The first kappa shape index (κ1) is 9.49. The Labute approximate surface area is 86.0 Å². The summed E-state index contributed by atoms with van der Waals surface area (Å²) in [6, 6.07) is 6.55. The zero-order chi connectivity index (χ0) is 9.97. The molecule has 1 N–H and O–H groups in total. The van der Waals surface area contributed by atoms with E-state index in [1.807, 2.05) is 0 Å². The van der Waals surface area contributed by atoms with E-state index in [0.29, 0.717) is 5.56 Å². The Morgan fingerprint density at radius 2 is 2.07 bits per heavy atom. The highest BCUT2D eigenvalue weighted by molar-refractivity contribution is 8.02. The second-order valence-corrected chi connectivity index (χ2v) is 3.96. The van der Waals surface area contributed by atoms with Crippen LogP contribution in [-0.2, 0) is 0 Å². The van der Waals surface area contributed by atoms with Crippen LogP contribution in [0, 0.1) is 5.82 Å².